The molecule has 0 aromatic rings. The number of rotatable bonds is 0. The average molecular weight is 172 g/mol. The third-order valence-corrected chi connectivity index (χ3v) is 2.24. The molecule has 0 aromatic carbocycles. The van der Waals surface area contributed by atoms with Gasteiger partial charge in [-0.3, -0.25) is 0 Å². The maximum Gasteiger partial charge on any atom is 0.146 e. The SMILES string of the molecule is C1CCCCC1.C1COCOC1. The van der Waals surface area contributed by atoms with Gasteiger partial charge in [-0.15, -0.1) is 0 Å². The summed E-state index contributed by atoms with van der Waals surface area (Å²) >= 11 is 0. The molecule has 1 saturated carbocycles. The quantitative estimate of drug-likeness (QED) is 0.559. The molecule has 0 amide bonds. The molecule has 0 radical (unpaired) electrons. The number of ether oxygens (including phenoxy) is 2. The molecule has 1 aliphatic carbocycles. The molecule has 0 bridgehead atoms. The van der Waals surface area contributed by atoms with E-state index in [0.29, 0.717) is 6.79 Å². The van der Waals surface area contributed by atoms with Gasteiger partial charge in [0.15, 0.2) is 0 Å². The fourth-order valence-electron chi connectivity index (χ4n) is 1.50. The van der Waals surface area contributed by atoms with Gasteiger partial charge < -0.3 is 9.47 Å². The molecular formula is C10H20O2. The van der Waals surface area contributed by atoms with Crippen LogP contribution in [0.2, 0.25) is 0 Å². The van der Waals surface area contributed by atoms with Gasteiger partial charge in [0.05, 0.1) is 13.2 Å². The fraction of sp³-hybridized carbons (Fsp3) is 1.00. The topological polar surface area (TPSA) is 18.5 Å². The highest BCUT2D eigenvalue weighted by atomic mass is 16.7. The number of hydrogen-bond donors (Lipinski definition) is 0. The van der Waals surface area contributed by atoms with E-state index in [1.165, 1.54) is 38.5 Å². The predicted octanol–water partition coefficient (Wildman–Crippen LogP) is 2.72. The Bertz CT molecular complexity index is 50.8. The second-order valence-corrected chi connectivity index (χ2v) is 3.41. The zero-order valence-electron chi connectivity index (χ0n) is 7.89. The smallest absolute Gasteiger partial charge is 0.146 e. The Morgan fingerprint density at radius 1 is 0.500 bits per heavy atom. The summed E-state index contributed by atoms with van der Waals surface area (Å²) in [6.07, 6.45) is 10.1. The second kappa shape index (κ2) is 7.56. The van der Waals surface area contributed by atoms with Crippen LogP contribution in [-0.4, -0.2) is 20.0 Å². The molecule has 12 heavy (non-hydrogen) atoms. The first-order valence-electron chi connectivity index (χ1n) is 5.15. The summed E-state index contributed by atoms with van der Waals surface area (Å²) in [5, 5.41) is 0. The van der Waals surface area contributed by atoms with Gasteiger partial charge in [-0.25, -0.2) is 0 Å². The van der Waals surface area contributed by atoms with Crippen molar-refractivity contribution in [3.63, 3.8) is 0 Å². The molecule has 1 heterocycles. The van der Waals surface area contributed by atoms with Crippen molar-refractivity contribution in [1.82, 2.24) is 0 Å². The van der Waals surface area contributed by atoms with E-state index >= 15 is 0 Å². The van der Waals surface area contributed by atoms with E-state index in [4.69, 9.17) is 9.47 Å². The Kier molecular flexibility index (Phi) is 6.30. The molecule has 0 unspecified atom stereocenters. The van der Waals surface area contributed by atoms with Crippen molar-refractivity contribution in [2.45, 2.75) is 44.9 Å². The minimum absolute atomic E-state index is 0.500. The Morgan fingerprint density at radius 3 is 1.08 bits per heavy atom. The predicted molar refractivity (Wildman–Crippen MR) is 49.1 cm³/mol. The zero-order chi connectivity index (χ0) is 8.49. The first-order valence-corrected chi connectivity index (χ1v) is 5.15. The van der Waals surface area contributed by atoms with Gasteiger partial charge in [0.1, 0.15) is 6.79 Å². The maximum absolute atomic E-state index is 4.85. The first-order chi connectivity index (χ1) is 6.00. The molecule has 0 aromatic heterocycles. The lowest BCUT2D eigenvalue weighted by Crippen LogP contribution is -2.11. The van der Waals surface area contributed by atoms with Crippen LogP contribution >= 0.6 is 0 Å². The Hall–Kier alpha value is -0.0800. The lowest BCUT2D eigenvalue weighted by molar-refractivity contribution is -0.0963. The van der Waals surface area contributed by atoms with E-state index in [9.17, 15) is 0 Å². The molecule has 2 rings (SSSR count). The highest BCUT2D eigenvalue weighted by Gasteiger charge is 1.95. The van der Waals surface area contributed by atoms with E-state index in [-0.39, 0.29) is 0 Å². The summed E-state index contributed by atoms with van der Waals surface area (Å²) in [5.74, 6) is 0. The van der Waals surface area contributed by atoms with E-state index < -0.39 is 0 Å². The molecule has 0 spiro atoms. The highest BCUT2D eigenvalue weighted by molar-refractivity contribution is 4.51. The Labute approximate surface area is 75.2 Å². The van der Waals surface area contributed by atoms with Crippen molar-refractivity contribution in [2.24, 2.45) is 0 Å². The molecule has 2 nitrogen and oxygen atoms in total. The lowest BCUT2D eigenvalue weighted by atomic mass is 10.0. The summed E-state index contributed by atoms with van der Waals surface area (Å²) in [7, 11) is 0. The largest absolute Gasteiger partial charge is 0.355 e. The Morgan fingerprint density at radius 2 is 0.917 bits per heavy atom. The van der Waals surface area contributed by atoms with E-state index in [0.717, 1.165) is 19.6 Å². The van der Waals surface area contributed by atoms with Gasteiger partial charge in [-0.1, -0.05) is 38.5 Å². The van der Waals surface area contributed by atoms with Crippen molar-refractivity contribution >= 4 is 0 Å². The van der Waals surface area contributed by atoms with Crippen molar-refractivity contribution in [1.29, 1.82) is 0 Å². The summed E-state index contributed by atoms with van der Waals surface area (Å²) in [6.45, 7) is 2.25. The van der Waals surface area contributed by atoms with E-state index in [1.54, 1.807) is 0 Å². The van der Waals surface area contributed by atoms with Crippen LogP contribution in [0, 0.1) is 0 Å². The van der Waals surface area contributed by atoms with E-state index in [1.807, 2.05) is 0 Å². The molecule has 2 fully saturated rings. The first kappa shape index (κ1) is 10.0. The van der Waals surface area contributed by atoms with Crippen molar-refractivity contribution < 1.29 is 9.47 Å². The molecule has 0 atom stereocenters. The van der Waals surface area contributed by atoms with Crippen molar-refractivity contribution in [3.05, 3.63) is 0 Å². The molecule has 0 N–H and O–H groups in total. The molecule has 1 aliphatic heterocycles. The molecule has 72 valence electrons. The average Bonchev–Trinajstić information content (AvgIpc) is 2.24. The number of hydrogen-bond acceptors (Lipinski definition) is 2. The van der Waals surface area contributed by atoms with E-state index in [2.05, 4.69) is 0 Å². The van der Waals surface area contributed by atoms with Crippen LogP contribution in [-0.2, 0) is 9.47 Å². The summed E-state index contributed by atoms with van der Waals surface area (Å²) in [4.78, 5) is 0. The van der Waals surface area contributed by atoms with Crippen LogP contribution in [0.4, 0.5) is 0 Å². The van der Waals surface area contributed by atoms with Crippen LogP contribution in [0.1, 0.15) is 44.9 Å². The minimum atomic E-state index is 0.500. The van der Waals surface area contributed by atoms with Crippen LogP contribution in [0.3, 0.4) is 0 Å². The highest BCUT2D eigenvalue weighted by Crippen LogP contribution is 2.15. The van der Waals surface area contributed by atoms with Crippen LogP contribution in [0.5, 0.6) is 0 Å². The van der Waals surface area contributed by atoms with Gasteiger partial charge in [-0.2, -0.15) is 0 Å². The summed E-state index contributed by atoms with van der Waals surface area (Å²) < 4.78 is 9.69. The molecule has 2 heteroatoms. The van der Waals surface area contributed by atoms with Crippen LogP contribution < -0.4 is 0 Å². The van der Waals surface area contributed by atoms with Crippen molar-refractivity contribution in [2.75, 3.05) is 20.0 Å². The van der Waals surface area contributed by atoms with Crippen LogP contribution in [0.15, 0.2) is 0 Å². The van der Waals surface area contributed by atoms with Crippen molar-refractivity contribution in [3.8, 4) is 0 Å². The summed E-state index contributed by atoms with van der Waals surface area (Å²) in [6, 6.07) is 0. The standard InChI is InChI=1S/C6H12.C4H8O2/c1-2-4-6-5-3-1;1-2-5-4-6-3-1/h1-6H2;1-4H2. The fourth-order valence-corrected chi connectivity index (χ4v) is 1.50. The van der Waals surface area contributed by atoms with Gasteiger partial charge in [0.25, 0.3) is 0 Å². The normalized spacial score (nSPS) is 24.0. The van der Waals surface area contributed by atoms with Gasteiger partial charge in [-0.05, 0) is 6.42 Å². The molecular weight excluding hydrogens is 152 g/mol. The monoisotopic (exact) mass is 172 g/mol. The van der Waals surface area contributed by atoms with Gasteiger partial charge in [0, 0.05) is 0 Å². The molecule has 2 aliphatic rings. The third-order valence-electron chi connectivity index (χ3n) is 2.24. The minimum Gasteiger partial charge on any atom is -0.355 e. The second-order valence-electron chi connectivity index (χ2n) is 3.41. The molecule has 1 saturated heterocycles. The maximum atomic E-state index is 4.85. The van der Waals surface area contributed by atoms with Gasteiger partial charge >= 0.3 is 0 Å². The third kappa shape index (κ3) is 5.56. The zero-order valence-corrected chi connectivity index (χ0v) is 7.89. The summed E-state index contributed by atoms with van der Waals surface area (Å²) in [5.41, 5.74) is 0. The van der Waals surface area contributed by atoms with Gasteiger partial charge in [0.2, 0.25) is 0 Å². The lowest BCUT2D eigenvalue weighted by Gasteiger charge is -2.09. The van der Waals surface area contributed by atoms with Crippen LogP contribution in [0.25, 0.3) is 0 Å². The Balaban J connectivity index is 0.000000120.